The SMILES string of the molecule is NC1(Cc2nc(C3CCCCC3)cs2)CC1. The van der Waals surface area contributed by atoms with Gasteiger partial charge in [0.1, 0.15) is 0 Å². The van der Waals surface area contributed by atoms with Crippen molar-refractivity contribution in [3.8, 4) is 0 Å². The molecule has 1 aromatic heterocycles. The number of hydrogen-bond donors (Lipinski definition) is 1. The summed E-state index contributed by atoms with van der Waals surface area (Å²) in [6.07, 6.45) is 10.3. The Morgan fingerprint density at radius 2 is 2.06 bits per heavy atom. The molecule has 88 valence electrons. The van der Waals surface area contributed by atoms with Gasteiger partial charge in [-0.2, -0.15) is 0 Å². The molecule has 3 rings (SSSR count). The maximum Gasteiger partial charge on any atom is 0.0946 e. The first-order chi connectivity index (χ1) is 7.75. The number of hydrogen-bond acceptors (Lipinski definition) is 3. The van der Waals surface area contributed by atoms with Crippen LogP contribution < -0.4 is 5.73 Å². The third-order valence-electron chi connectivity index (χ3n) is 3.99. The van der Waals surface area contributed by atoms with Crippen LogP contribution in [-0.4, -0.2) is 10.5 Å². The van der Waals surface area contributed by atoms with E-state index in [4.69, 9.17) is 10.7 Å². The zero-order chi connectivity index (χ0) is 11.0. The summed E-state index contributed by atoms with van der Waals surface area (Å²) in [5.74, 6) is 0.742. The van der Waals surface area contributed by atoms with Crippen molar-refractivity contribution in [2.75, 3.05) is 0 Å². The molecule has 2 nitrogen and oxygen atoms in total. The van der Waals surface area contributed by atoms with Crippen LogP contribution >= 0.6 is 11.3 Å². The molecule has 0 aromatic carbocycles. The van der Waals surface area contributed by atoms with Crippen LogP contribution in [0.5, 0.6) is 0 Å². The highest BCUT2D eigenvalue weighted by atomic mass is 32.1. The van der Waals surface area contributed by atoms with Gasteiger partial charge < -0.3 is 5.73 Å². The topological polar surface area (TPSA) is 38.9 Å². The van der Waals surface area contributed by atoms with Crippen LogP contribution in [0, 0.1) is 0 Å². The molecule has 2 aliphatic rings. The van der Waals surface area contributed by atoms with E-state index in [9.17, 15) is 0 Å². The molecule has 0 amide bonds. The van der Waals surface area contributed by atoms with Gasteiger partial charge in [0.05, 0.1) is 10.7 Å². The van der Waals surface area contributed by atoms with Crippen molar-refractivity contribution in [3.05, 3.63) is 16.1 Å². The molecule has 0 radical (unpaired) electrons. The third-order valence-corrected chi connectivity index (χ3v) is 4.86. The highest BCUT2D eigenvalue weighted by Crippen LogP contribution is 2.38. The van der Waals surface area contributed by atoms with Crippen molar-refractivity contribution >= 4 is 11.3 Å². The Labute approximate surface area is 101 Å². The Kier molecular flexibility index (Phi) is 2.76. The molecule has 0 atom stereocenters. The maximum atomic E-state index is 6.13. The summed E-state index contributed by atoms with van der Waals surface area (Å²) >= 11 is 1.82. The van der Waals surface area contributed by atoms with Gasteiger partial charge in [0, 0.05) is 23.3 Å². The third kappa shape index (κ3) is 2.30. The molecule has 2 saturated carbocycles. The van der Waals surface area contributed by atoms with Crippen LogP contribution in [0.3, 0.4) is 0 Å². The molecule has 0 aliphatic heterocycles. The predicted octanol–water partition coefficient (Wildman–Crippen LogP) is 3.22. The summed E-state index contributed by atoms with van der Waals surface area (Å²) < 4.78 is 0. The van der Waals surface area contributed by atoms with Crippen molar-refractivity contribution < 1.29 is 0 Å². The molecule has 0 bridgehead atoms. The molecule has 16 heavy (non-hydrogen) atoms. The van der Waals surface area contributed by atoms with Crippen LogP contribution in [0.1, 0.15) is 61.6 Å². The fraction of sp³-hybridized carbons (Fsp3) is 0.769. The van der Waals surface area contributed by atoms with E-state index >= 15 is 0 Å². The van der Waals surface area contributed by atoms with E-state index in [0.29, 0.717) is 0 Å². The zero-order valence-electron chi connectivity index (χ0n) is 9.74. The van der Waals surface area contributed by atoms with Crippen LogP contribution in [0.4, 0.5) is 0 Å². The second kappa shape index (κ2) is 4.11. The molecule has 1 heterocycles. The van der Waals surface area contributed by atoms with Crippen molar-refractivity contribution in [1.29, 1.82) is 0 Å². The number of thiazole rings is 1. The second-order valence-electron chi connectivity index (χ2n) is 5.54. The molecule has 3 heteroatoms. The van der Waals surface area contributed by atoms with E-state index < -0.39 is 0 Å². The van der Waals surface area contributed by atoms with E-state index in [-0.39, 0.29) is 5.54 Å². The first kappa shape index (κ1) is 10.7. The summed E-state index contributed by atoms with van der Waals surface area (Å²) in [5.41, 5.74) is 7.60. The number of aromatic nitrogens is 1. The van der Waals surface area contributed by atoms with Gasteiger partial charge in [0.25, 0.3) is 0 Å². The Hall–Kier alpha value is -0.410. The highest BCUT2D eigenvalue weighted by Gasteiger charge is 2.39. The van der Waals surface area contributed by atoms with E-state index in [2.05, 4.69) is 5.38 Å². The summed E-state index contributed by atoms with van der Waals surface area (Å²) in [6.45, 7) is 0. The largest absolute Gasteiger partial charge is 0.325 e. The highest BCUT2D eigenvalue weighted by molar-refractivity contribution is 7.09. The predicted molar refractivity (Wildman–Crippen MR) is 67.8 cm³/mol. The molecule has 2 fully saturated rings. The van der Waals surface area contributed by atoms with Gasteiger partial charge in [0.15, 0.2) is 0 Å². The van der Waals surface area contributed by atoms with Gasteiger partial charge in [-0.3, -0.25) is 0 Å². The fourth-order valence-electron chi connectivity index (χ4n) is 2.63. The number of rotatable bonds is 3. The lowest BCUT2D eigenvalue weighted by atomic mass is 9.87. The minimum atomic E-state index is 0.113. The Morgan fingerprint density at radius 1 is 1.31 bits per heavy atom. The molecule has 2 N–H and O–H groups in total. The monoisotopic (exact) mass is 236 g/mol. The smallest absolute Gasteiger partial charge is 0.0946 e. The van der Waals surface area contributed by atoms with Crippen molar-refractivity contribution in [3.63, 3.8) is 0 Å². The van der Waals surface area contributed by atoms with Crippen molar-refractivity contribution in [2.24, 2.45) is 5.73 Å². The molecule has 0 unspecified atom stereocenters. The summed E-state index contributed by atoms with van der Waals surface area (Å²) in [4.78, 5) is 4.80. The molecular weight excluding hydrogens is 216 g/mol. The minimum Gasteiger partial charge on any atom is -0.325 e. The number of nitrogens with two attached hydrogens (primary N) is 1. The standard InChI is InChI=1S/C13H20N2S/c14-13(6-7-13)8-12-15-11(9-16-12)10-4-2-1-3-5-10/h9-10H,1-8,14H2. The molecular formula is C13H20N2S. The molecule has 0 saturated heterocycles. The first-order valence-corrected chi connectivity index (χ1v) is 7.36. The first-order valence-electron chi connectivity index (χ1n) is 6.48. The van der Waals surface area contributed by atoms with Crippen molar-refractivity contribution in [1.82, 2.24) is 4.98 Å². The van der Waals surface area contributed by atoms with E-state index in [1.54, 1.807) is 0 Å². The quantitative estimate of drug-likeness (QED) is 0.875. The van der Waals surface area contributed by atoms with Crippen molar-refractivity contribution in [2.45, 2.75) is 62.8 Å². The van der Waals surface area contributed by atoms with E-state index in [1.165, 1.54) is 55.6 Å². The van der Waals surface area contributed by atoms with Crippen LogP contribution in [0.25, 0.3) is 0 Å². The van der Waals surface area contributed by atoms with Gasteiger partial charge in [-0.15, -0.1) is 11.3 Å². The van der Waals surface area contributed by atoms with E-state index in [0.717, 1.165) is 12.3 Å². The van der Waals surface area contributed by atoms with Crippen LogP contribution in [0.2, 0.25) is 0 Å². The Bertz CT molecular complexity index is 362. The molecule has 2 aliphatic carbocycles. The zero-order valence-corrected chi connectivity index (χ0v) is 10.6. The van der Waals surface area contributed by atoms with E-state index in [1.807, 2.05) is 11.3 Å². The van der Waals surface area contributed by atoms with Gasteiger partial charge in [-0.25, -0.2) is 4.98 Å². The molecule has 0 spiro atoms. The van der Waals surface area contributed by atoms with Gasteiger partial charge in [-0.1, -0.05) is 19.3 Å². The van der Waals surface area contributed by atoms with Crippen LogP contribution in [-0.2, 0) is 6.42 Å². The Morgan fingerprint density at radius 3 is 2.75 bits per heavy atom. The number of nitrogens with zero attached hydrogens (tertiary/aromatic N) is 1. The lowest BCUT2D eigenvalue weighted by molar-refractivity contribution is 0.437. The lowest BCUT2D eigenvalue weighted by Crippen LogP contribution is -2.24. The summed E-state index contributed by atoms with van der Waals surface area (Å²) in [7, 11) is 0. The lowest BCUT2D eigenvalue weighted by Gasteiger charge is -2.19. The summed E-state index contributed by atoms with van der Waals surface area (Å²) in [6, 6.07) is 0. The molecule has 1 aromatic rings. The Balaban J connectivity index is 1.66. The second-order valence-corrected chi connectivity index (χ2v) is 6.48. The van der Waals surface area contributed by atoms with Gasteiger partial charge in [0.2, 0.25) is 0 Å². The average Bonchev–Trinajstić information content (AvgIpc) is 2.86. The fourth-order valence-corrected chi connectivity index (χ4v) is 3.66. The van der Waals surface area contributed by atoms with Gasteiger partial charge >= 0.3 is 0 Å². The normalized spacial score (nSPS) is 24.6. The average molecular weight is 236 g/mol. The van der Waals surface area contributed by atoms with Gasteiger partial charge in [-0.05, 0) is 25.7 Å². The van der Waals surface area contributed by atoms with Crippen LogP contribution in [0.15, 0.2) is 5.38 Å². The minimum absolute atomic E-state index is 0.113. The summed E-state index contributed by atoms with van der Waals surface area (Å²) in [5, 5.41) is 3.54. The maximum absolute atomic E-state index is 6.13.